The number of rotatable bonds is 5. The van der Waals surface area contributed by atoms with Gasteiger partial charge in [-0.3, -0.25) is 0 Å². The Bertz CT molecular complexity index is 787. The van der Waals surface area contributed by atoms with E-state index in [1.165, 1.54) is 0 Å². The maximum Gasteiger partial charge on any atom is 0.240 e. The SMILES string of the molecule is CC(NCc1nc(-c2cccc(Cl)c2)no1)c1ccc(Cl)cc1. The molecule has 1 aromatic heterocycles. The number of nitrogens with zero attached hydrogens (tertiary/aromatic N) is 2. The highest BCUT2D eigenvalue weighted by Crippen LogP contribution is 2.20. The third-order valence-electron chi connectivity index (χ3n) is 3.48. The summed E-state index contributed by atoms with van der Waals surface area (Å²) in [5.74, 6) is 1.06. The molecular weight excluding hydrogens is 333 g/mol. The van der Waals surface area contributed by atoms with Gasteiger partial charge in [0.1, 0.15) is 0 Å². The molecule has 0 radical (unpaired) electrons. The lowest BCUT2D eigenvalue weighted by Gasteiger charge is -2.12. The summed E-state index contributed by atoms with van der Waals surface area (Å²) < 4.78 is 5.28. The minimum absolute atomic E-state index is 0.147. The van der Waals surface area contributed by atoms with Gasteiger partial charge in [0, 0.05) is 21.7 Å². The minimum Gasteiger partial charge on any atom is -0.338 e. The van der Waals surface area contributed by atoms with Crippen LogP contribution in [0.15, 0.2) is 53.1 Å². The quantitative estimate of drug-likeness (QED) is 0.713. The first-order chi connectivity index (χ1) is 11.1. The summed E-state index contributed by atoms with van der Waals surface area (Å²) in [5, 5.41) is 8.70. The van der Waals surface area contributed by atoms with Crippen LogP contribution in [0.3, 0.4) is 0 Å². The van der Waals surface area contributed by atoms with Crippen LogP contribution in [0.5, 0.6) is 0 Å². The molecule has 3 aromatic rings. The molecule has 0 saturated heterocycles. The van der Waals surface area contributed by atoms with Gasteiger partial charge in [0.15, 0.2) is 0 Å². The van der Waals surface area contributed by atoms with E-state index in [0.717, 1.165) is 16.1 Å². The fraction of sp³-hybridized carbons (Fsp3) is 0.176. The highest BCUT2D eigenvalue weighted by Gasteiger charge is 2.11. The van der Waals surface area contributed by atoms with E-state index in [9.17, 15) is 0 Å². The van der Waals surface area contributed by atoms with Crippen LogP contribution in [0, 0.1) is 0 Å². The minimum atomic E-state index is 0.147. The molecule has 23 heavy (non-hydrogen) atoms. The molecule has 0 aliphatic rings. The van der Waals surface area contributed by atoms with Crippen LogP contribution in [0.2, 0.25) is 10.0 Å². The van der Waals surface area contributed by atoms with Crippen LogP contribution in [0.1, 0.15) is 24.4 Å². The summed E-state index contributed by atoms with van der Waals surface area (Å²) in [4.78, 5) is 4.38. The van der Waals surface area contributed by atoms with Crippen molar-refractivity contribution >= 4 is 23.2 Å². The molecule has 1 unspecified atom stereocenters. The Morgan fingerprint density at radius 2 is 1.87 bits per heavy atom. The van der Waals surface area contributed by atoms with Gasteiger partial charge in [-0.15, -0.1) is 0 Å². The number of hydrogen-bond donors (Lipinski definition) is 1. The summed E-state index contributed by atoms with van der Waals surface area (Å²) in [6, 6.07) is 15.2. The maximum absolute atomic E-state index is 5.98. The van der Waals surface area contributed by atoms with Gasteiger partial charge in [0.2, 0.25) is 11.7 Å². The standard InChI is InChI=1S/C17H15Cl2N3O/c1-11(12-5-7-14(18)8-6-12)20-10-16-21-17(22-23-16)13-3-2-4-15(19)9-13/h2-9,11,20H,10H2,1H3. The first kappa shape index (κ1) is 16.0. The van der Waals surface area contributed by atoms with E-state index >= 15 is 0 Å². The molecule has 1 N–H and O–H groups in total. The number of nitrogens with one attached hydrogen (secondary N) is 1. The van der Waals surface area contributed by atoms with Crippen molar-refractivity contribution in [3.05, 3.63) is 70.0 Å². The number of aromatic nitrogens is 2. The second-order valence-electron chi connectivity index (χ2n) is 5.18. The molecule has 0 spiro atoms. The topological polar surface area (TPSA) is 51.0 Å². The molecule has 1 heterocycles. The van der Waals surface area contributed by atoms with Gasteiger partial charge < -0.3 is 9.84 Å². The van der Waals surface area contributed by atoms with Crippen LogP contribution in [-0.4, -0.2) is 10.1 Å². The number of benzene rings is 2. The van der Waals surface area contributed by atoms with E-state index < -0.39 is 0 Å². The highest BCUT2D eigenvalue weighted by molar-refractivity contribution is 6.31. The smallest absolute Gasteiger partial charge is 0.240 e. The van der Waals surface area contributed by atoms with Crippen LogP contribution < -0.4 is 5.32 Å². The summed E-state index contributed by atoms with van der Waals surface area (Å²) in [5.41, 5.74) is 1.97. The van der Waals surface area contributed by atoms with E-state index in [2.05, 4.69) is 22.4 Å². The molecule has 118 valence electrons. The monoisotopic (exact) mass is 347 g/mol. The summed E-state index contributed by atoms with van der Waals surface area (Å²) in [6.45, 7) is 2.55. The Hall–Kier alpha value is -1.88. The molecule has 0 saturated carbocycles. The molecule has 4 nitrogen and oxygen atoms in total. The van der Waals surface area contributed by atoms with Crippen molar-refractivity contribution in [2.24, 2.45) is 0 Å². The first-order valence-corrected chi connectivity index (χ1v) is 7.95. The molecule has 0 bridgehead atoms. The normalized spacial score (nSPS) is 12.3. The van der Waals surface area contributed by atoms with E-state index in [1.807, 2.05) is 36.4 Å². The van der Waals surface area contributed by atoms with Crippen molar-refractivity contribution in [2.75, 3.05) is 0 Å². The first-order valence-electron chi connectivity index (χ1n) is 7.19. The average molecular weight is 348 g/mol. The zero-order chi connectivity index (χ0) is 16.2. The predicted molar refractivity (Wildman–Crippen MR) is 91.5 cm³/mol. The zero-order valence-corrected chi connectivity index (χ0v) is 14.0. The maximum atomic E-state index is 5.98. The van der Waals surface area contributed by atoms with Gasteiger partial charge in [-0.25, -0.2) is 0 Å². The summed E-state index contributed by atoms with van der Waals surface area (Å²) in [7, 11) is 0. The Kier molecular flexibility index (Phi) is 4.96. The molecular formula is C17H15Cl2N3O. The van der Waals surface area contributed by atoms with Gasteiger partial charge in [-0.05, 0) is 36.8 Å². The van der Waals surface area contributed by atoms with E-state index in [1.54, 1.807) is 12.1 Å². The Morgan fingerprint density at radius 3 is 2.61 bits per heavy atom. The third-order valence-corrected chi connectivity index (χ3v) is 3.97. The van der Waals surface area contributed by atoms with Crippen LogP contribution in [0.4, 0.5) is 0 Å². The van der Waals surface area contributed by atoms with Crippen LogP contribution >= 0.6 is 23.2 Å². The lowest BCUT2D eigenvalue weighted by Crippen LogP contribution is -2.18. The fourth-order valence-corrected chi connectivity index (χ4v) is 2.50. The van der Waals surface area contributed by atoms with E-state index in [4.69, 9.17) is 27.7 Å². The van der Waals surface area contributed by atoms with Gasteiger partial charge in [-0.1, -0.05) is 52.6 Å². The van der Waals surface area contributed by atoms with Crippen LogP contribution in [-0.2, 0) is 6.54 Å². The Labute approximate surface area is 144 Å². The predicted octanol–water partition coefficient (Wildman–Crippen LogP) is 4.89. The number of hydrogen-bond acceptors (Lipinski definition) is 4. The van der Waals surface area contributed by atoms with Gasteiger partial charge in [-0.2, -0.15) is 4.98 Å². The van der Waals surface area contributed by atoms with Gasteiger partial charge >= 0.3 is 0 Å². The van der Waals surface area contributed by atoms with Crippen molar-refractivity contribution in [1.82, 2.24) is 15.5 Å². The molecule has 0 aliphatic heterocycles. The summed E-state index contributed by atoms with van der Waals surface area (Å²) >= 11 is 11.9. The molecule has 2 aromatic carbocycles. The Morgan fingerprint density at radius 1 is 1.09 bits per heavy atom. The zero-order valence-electron chi connectivity index (χ0n) is 12.5. The van der Waals surface area contributed by atoms with Crippen molar-refractivity contribution in [3.8, 4) is 11.4 Å². The average Bonchev–Trinajstić information content (AvgIpc) is 3.02. The van der Waals surface area contributed by atoms with Crippen molar-refractivity contribution in [1.29, 1.82) is 0 Å². The molecule has 3 rings (SSSR count). The van der Waals surface area contributed by atoms with Crippen molar-refractivity contribution < 1.29 is 4.52 Å². The Balaban J connectivity index is 1.64. The van der Waals surface area contributed by atoms with E-state index in [-0.39, 0.29) is 6.04 Å². The third kappa shape index (κ3) is 4.10. The second kappa shape index (κ2) is 7.13. The molecule has 0 aliphatic carbocycles. The fourth-order valence-electron chi connectivity index (χ4n) is 2.18. The van der Waals surface area contributed by atoms with Crippen molar-refractivity contribution in [3.63, 3.8) is 0 Å². The molecule has 0 amide bonds. The van der Waals surface area contributed by atoms with Gasteiger partial charge in [0.25, 0.3) is 0 Å². The molecule has 0 fully saturated rings. The molecule has 6 heteroatoms. The molecule has 1 atom stereocenters. The van der Waals surface area contributed by atoms with Crippen molar-refractivity contribution in [2.45, 2.75) is 19.5 Å². The van der Waals surface area contributed by atoms with Crippen LogP contribution in [0.25, 0.3) is 11.4 Å². The largest absolute Gasteiger partial charge is 0.338 e. The number of halogens is 2. The van der Waals surface area contributed by atoms with Gasteiger partial charge in [0.05, 0.1) is 6.54 Å². The summed E-state index contributed by atoms with van der Waals surface area (Å²) in [6.07, 6.45) is 0. The lowest BCUT2D eigenvalue weighted by atomic mass is 10.1. The van der Waals surface area contributed by atoms with E-state index in [0.29, 0.717) is 23.3 Å². The lowest BCUT2D eigenvalue weighted by molar-refractivity contribution is 0.360. The second-order valence-corrected chi connectivity index (χ2v) is 6.05. The highest BCUT2D eigenvalue weighted by atomic mass is 35.5.